The molecule has 0 aromatic carbocycles. The molecule has 3 nitrogen and oxygen atoms in total. The number of hydrogen-bond donors (Lipinski definition) is 0. The monoisotopic (exact) mass is 134 g/mol. The summed E-state index contributed by atoms with van der Waals surface area (Å²) in [5.41, 5.74) is 0. The van der Waals surface area contributed by atoms with E-state index in [0.29, 0.717) is 19.5 Å². The predicted octanol–water partition coefficient (Wildman–Crippen LogP) is 1.35. The molecule has 4 heteroatoms. The Morgan fingerprint density at radius 1 is 1.67 bits per heavy atom. The molecule has 9 heavy (non-hydrogen) atoms. The van der Waals surface area contributed by atoms with Crippen molar-refractivity contribution in [3.63, 3.8) is 0 Å². The highest BCUT2D eigenvalue weighted by molar-refractivity contribution is 4.46. The second-order valence-electron chi connectivity index (χ2n) is 1.67. The smallest absolute Gasteiger partial charge is 0.0912 e. The molecule has 0 aliphatic heterocycles. The first-order chi connectivity index (χ1) is 4.35. The van der Waals surface area contributed by atoms with Crippen molar-refractivity contribution < 1.29 is 4.39 Å². The zero-order chi connectivity index (χ0) is 7.11. The lowest BCUT2D eigenvalue weighted by molar-refractivity contribution is 0.280. The molecule has 0 saturated heterocycles. The van der Waals surface area contributed by atoms with E-state index in [9.17, 15) is 9.30 Å². The van der Waals surface area contributed by atoms with E-state index >= 15 is 0 Å². The lowest BCUT2D eigenvalue weighted by Gasteiger charge is -2.09. The van der Waals surface area contributed by atoms with Crippen molar-refractivity contribution in [1.82, 2.24) is 5.01 Å². The van der Waals surface area contributed by atoms with Crippen LogP contribution in [0.3, 0.4) is 0 Å². The van der Waals surface area contributed by atoms with Crippen LogP contribution in [0.5, 0.6) is 0 Å². The first-order valence-electron chi connectivity index (χ1n) is 2.99. The van der Waals surface area contributed by atoms with Gasteiger partial charge in [-0.2, -0.15) is 0 Å². The Balaban J connectivity index is 3.20. The van der Waals surface area contributed by atoms with Crippen molar-refractivity contribution in [3.8, 4) is 0 Å². The van der Waals surface area contributed by atoms with Crippen LogP contribution in [0.4, 0.5) is 4.39 Å². The highest BCUT2D eigenvalue weighted by atomic mass is 19.1. The van der Waals surface area contributed by atoms with Crippen LogP contribution in [0.2, 0.25) is 0 Å². The maximum absolute atomic E-state index is 11.5. The summed E-state index contributed by atoms with van der Waals surface area (Å²) in [5, 5.41) is 3.95. The second kappa shape index (κ2) is 5.47. The molecule has 0 aromatic heterocycles. The van der Waals surface area contributed by atoms with Gasteiger partial charge in [0, 0.05) is 13.1 Å². The molecule has 0 aromatic rings. The summed E-state index contributed by atoms with van der Waals surface area (Å²) in [4.78, 5) is 9.80. The fourth-order valence-corrected chi connectivity index (χ4v) is 0.499. The van der Waals surface area contributed by atoms with Gasteiger partial charge in [0.05, 0.1) is 12.0 Å². The van der Waals surface area contributed by atoms with Gasteiger partial charge in [-0.1, -0.05) is 0 Å². The SMILES string of the molecule is CCN(CCCF)N=O. The Morgan fingerprint density at radius 3 is 2.67 bits per heavy atom. The Kier molecular flexibility index (Phi) is 5.06. The van der Waals surface area contributed by atoms with E-state index in [-0.39, 0.29) is 6.67 Å². The highest BCUT2D eigenvalue weighted by Gasteiger charge is 1.96. The second-order valence-corrected chi connectivity index (χ2v) is 1.67. The molecular formula is C5H11FN2O. The van der Waals surface area contributed by atoms with Gasteiger partial charge in [0.15, 0.2) is 0 Å². The summed E-state index contributed by atoms with van der Waals surface area (Å²) in [7, 11) is 0. The molecule has 0 atom stereocenters. The van der Waals surface area contributed by atoms with Crippen molar-refractivity contribution in [2.45, 2.75) is 13.3 Å². The minimum Gasteiger partial charge on any atom is -0.261 e. The van der Waals surface area contributed by atoms with Crippen LogP contribution in [0, 0.1) is 4.91 Å². The number of nitroso groups, excluding NO2 is 1. The molecule has 54 valence electrons. The lowest BCUT2D eigenvalue weighted by atomic mass is 10.4. The van der Waals surface area contributed by atoms with E-state index in [1.165, 1.54) is 5.01 Å². The van der Waals surface area contributed by atoms with Crippen LogP contribution in [-0.2, 0) is 0 Å². The van der Waals surface area contributed by atoms with E-state index in [4.69, 9.17) is 0 Å². The molecule has 0 aliphatic rings. The molecule has 0 heterocycles. The number of rotatable bonds is 5. The summed E-state index contributed by atoms with van der Waals surface area (Å²) in [5.74, 6) is 0. The molecule has 0 unspecified atom stereocenters. The Labute approximate surface area is 53.8 Å². The van der Waals surface area contributed by atoms with Crippen molar-refractivity contribution >= 4 is 0 Å². The van der Waals surface area contributed by atoms with E-state index < -0.39 is 0 Å². The van der Waals surface area contributed by atoms with E-state index in [1.54, 1.807) is 6.92 Å². The van der Waals surface area contributed by atoms with Crippen LogP contribution in [0.1, 0.15) is 13.3 Å². The van der Waals surface area contributed by atoms with Gasteiger partial charge in [-0.15, -0.1) is 4.91 Å². The van der Waals surface area contributed by atoms with Crippen molar-refractivity contribution in [2.24, 2.45) is 5.29 Å². The third-order valence-corrected chi connectivity index (χ3v) is 1.03. The van der Waals surface area contributed by atoms with Crippen LogP contribution in [-0.4, -0.2) is 24.8 Å². The first-order valence-corrected chi connectivity index (χ1v) is 2.99. The van der Waals surface area contributed by atoms with Crippen LogP contribution >= 0.6 is 0 Å². The predicted molar refractivity (Wildman–Crippen MR) is 33.6 cm³/mol. The van der Waals surface area contributed by atoms with Crippen LogP contribution in [0.15, 0.2) is 5.29 Å². The fraction of sp³-hybridized carbons (Fsp3) is 1.00. The van der Waals surface area contributed by atoms with Gasteiger partial charge in [-0.25, -0.2) is 0 Å². The molecule has 0 fully saturated rings. The largest absolute Gasteiger partial charge is 0.261 e. The minimum atomic E-state index is -0.383. The topological polar surface area (TPSA) is 32.7 Å². The van der Waals surface area contributed by atoms with Crippen molar-refractivity contribution in [1.29, 1.82) is 0 Å². The van der Waals surface area contributed by atoms with Gasteiger partial charge in [-0.3, -0.25) is 9.40 Å². The Bertz CT molecular complexity index is 79.4. The lowest BCUT2D eigenvalue weighted by Crippen LogP contribution is -2.17. The van der Waals surface area contributed by atoms with Gasteiger partial charge < -0.3 is 0 Å². The molecule has 0 N–H and O–H groups in total. The summed E-state index contributed by atoms with van der Waals surface area (Å²) >= 11 is 0. The third-order valence-electron chi connectivity index (χ3n) is 1.03. The quantitative estimate of drug-likeness (QED) is 0.420. The van der Waals surface area contributed by atoms with E-state index in [0.717, 1.165) is 0 Å². The van der Waals surface area contributed by atoms with Gasteiger partial charge in [0.2, 0.25) is 0 Å². The summed E-state index contributed by atoms with van der Waals surface area (Å²) in [6.07, 6.45) is 0.388. The van der Waals surface area contributed by atoms with Crippen molar-refractivity contribution in [2.75, 3.05) is 19.8 Å². The Morgan fingerprint density at radius 2 is 2.33 bits per heavy atom. The van der Waals surface area contributed by atoms with Crippen LogP contribution < -0.4 is 0 Å². The van der Waals surface area contributed by atoms with Crippen LogP contribution in [0.25, 0.3) is 0 Å². The molecular weight excluding hydrogens is 123 g/mol. The Hall–Kier alpha value is -0.670. The van der Waals surface area contributed by atoms with Gasteiger partial charge in [0.1, 0.15) is 0 Å². The molecule has 0 radical (unpaired) electrons. The summed E-state index contributed by atoms with van der Waals surface area (Å²) in [6.45, 7) is 2.41. The third kappa shape index (κ3) is 3.88. The number of halogens is 1. The van der Waals surface area contributed by atoms with E-state index in [1.807, 2.05) is 0 Å². The molecule has 0 spiro atoms. The molecule has 0 amide bonds. The first kappa shape index (κ1) is 8.33. The summed E-state index contributed by atoms with van der Waals surface area (Å²) < 4.78 is 11.5. The maximum atomic E-state index is 11.5. The van der Waals surface area contributed by atoms with Gasteiger partial charge in [0.25, 0.3) is 0 Å². The molecule has 0 saturated carbocycles. The zero-order valence-corrected chi connectivity index (χ0v) is 5.51. The number of alkyl halides is 1. The maximum Gasteiger partial charge on any atom is 0.0912 e. The van der Waals surface area contributed by atoms with Gasteiger partial charge >= 0.3 is 0 Å². The van der Waals surface area contributed by atoms with Gasteiger partial charge in [-0.05, 0) is 13.3 Å². The fourth-order valence-electron chi connectivity index (χ4n) is 0.499. The van der Waals surface area contributed by atoms with Crippen molar-refractivity contribution in [3.05, 3.63) is 4.91 Å². The normalized spacial score (nSPS) is 9.11. The standard InChI is InChI=1S/C5H11FN2O/c1-2-8(7-9)5-3-4-6/h2-5H2,1H3. The molecule has 0 bridgehead atoms. The molecule has 0 rings (SSSR count). The highest BCUT2D eigenvalue weighted by Crippen LogP contribution is 1.90. The molecule has 0 aliphatic carbocycles. The number of hydrogen-bond acceptors (Lipinski definition) is 2. The average molecular weight is 134 g/mol. The number of nitrogens with zero attached hydrogens (tertiary/aromatic N) is 2. The summed E-state index contributed by atoms with van der Waals surface area (Å²) in [6, 6.07) is 0. The average Bonchev–Trinajstić information content (AvgIpc) is 1.91. The minimum absolute atomic E-state index is 0.383. The zero-order valence-electron chi connectivity index (χ0n) is 5.51. The van der Waals surface area contributed by atoms with E-state index in [2.05, 4.69) is 5.29 Å².